The lowest BCUT2D eigenvalue weighted by molar-refractivity contribution is 0.0695. The van der Waals surface area contributed by atoms with Crippen molar-refractivity contribution >= 4 is 17.7 Å². The summed E-state index contributed by atoms with van der Waals surface area (Å²) in [5, 5.41) is 12.4. The van der Waals surface area contributed by atoms with Gasteiger partial charge in [0.05, 0.1) is 5.56 Å². The van der Waals surface area contributed by atoms with Crippen LogP contribution in [0.4, 0.5) is 0 Å². The summed E-state index contributed by atoms with van der Waals surface area (Å²) in [6.07, 6.45) is 4.67. The van der Waals surface area contributed by atoms with E-state index < -0.39 is 5.97 Å². The molecule has 1 aromatic carbocycles. The largest absolute Gasteiger partial charge is 0.478 e. The van der Waals surface area contributed by atoms with Crippen molar-refractivity contribution in [1.29, 1.82) is 0 Å². The van der Waals surface area contributed by atoms with Gasteiger partial charge in [0.2, 0.25) is 0 Å². The number of hydrogen-bond donors (Lipinski definition) is 2. The van der Waals surface area contributed by atoms with Crippen LogP contribution >= 0.6 is 11.8 Å². The molecule has 0 aliphatic heterocycles. The van der Waals surface area contributed by atoms with E-state index in [1.807, 2.05) is 23.9 Å². The highest BCUT2D eigenvalue weighted by Crippen LogP contribution is 2.46. The van der Waals surface area contributed by atoms with Gasteiger partial charge in [-0.15, -0.1) is 0 Å². The van der Waals surface area contributed by atoms with Gasteiger partial charge in [-0.25, -0.2) is 4.79 Å². The fourth-order valence-corrected chi connectivity index (χ4v) is 2.66. The van der Waals surface area contributed by atoms with Crippen molar-refractivity contribution in [2.75, 3.05) is 12.8 Å². The molecule has 0 amide bonds. The molecule has 1 aliphatic carbocycles. The Hall–Kier alpha value is -1.00. The molecule has 0 radical (unpaired) electrons. The van der Waals surface area contributed by atoms with Gasteiger partial charge in [0.1, 0.15) is 0 Å². The number of thioether (sulfide) groups is 1. The van der Waals surface area contributed by atoms with E-state index in [1.54, 1.807) is 12.1 Å². The Morgan fingerprint density at radius 3 is 2.76 bits per heavy atom. The van der Waals surface area contributed by atoms with E-state index in [0.29, 0.717) is 16.9 Å². The third-order valence-electron chi connectivity index (χ3n) is 3.25. The minimum atomic E-state index is -0.853. The summed E-state index contributed by atoms with van der Waals surface area (Å²) in [5.41, 5.74) is 1.26. The van der Waals surface area contributed by atoms with Crippen molar-refractivity contribution in [3.8, 4) is 0 Å². The zero-order valence-corrected chi connectivity index (χ0v) is 10.7. The van der Waals surface area contributed by atoms with Crippen LogP contribution in [0, 0.1) is 0 Å². The number of carbonyl (C=O) groups is 1. The van der Waals surface area contributed by atoms with E-state index in [0.717, 1.165) is 12.1 Å². The molecule has 0 bridgehead atoms. The molecule has 4 heteroatoms. The van der Waals surface area contributed by atoms with Gasteiger partial charge < -0.3 is 10.4 Å². The van der Waals surface area contributed by atoms with Crippen molar-refractivity contribution < 1.29 is 9.90 Å². The zero-order chi connectivity index (χ0) is 12.3. The minimum absolute atomic E-state index is 0.397. The molecule has 92 valence electrons. The summed E-state index contributed by atoms with van der Waals surface area (Å²) >= 11 is 1.91. The van der Waals surface area contributed by atoms with Crippen molar-refractivity contribution in [2.45, 2.75) is 24.1 Å². The van der Waals surface area contributed by atoms with Crippen molar-refractivity contribution in [3.63, 3.8) is 0 Å². The van der Waals surface area contributed by atoms with Gasteiger partial charge in [-0.05, 0) is 30.7 Å². The molecular formula is C13H17NO2S. The number of carboxylic acids is 1. The summed E-state index contributed by atoms with van der Waals surface area (Å²) in [6.45, 7) is 1.59. The molecule has 17 heavy (non-hydrogen) atoms. The van der Waals surface area contributed by atoms with Gasteiger partial charge in [-0.3, -0.25) is 0 Å². The Balaban J connectivity index is 1.92. The van der Waals surface area contributed by atoms with Crippen LogP contribution in [0.5, 0.6) is 0 Å². The first-order chi connectivity index (χ1) is 8.17. The van der Waals surface area contributed by atoms with Crippen LogP contribution < -0.4 is 5.32 Å². The Morgan fingerprint density at radius 1 is 1.47 bits per heavy atom. The molecule has 2 N–H and O–H groups in total. The average Bonchev–Trinajstić information content (AvgIpc) is 3.10. The fraction of sp³-hybridized carbons (Fsp3) is 0.462. The van der Waals surface area contributed by atoms with Gasteiger partial charge in [0.25, 0.3) is 0 Å². The molecule has 0 spiro atoms. The van der Waals surface area contributed by atoms with Gasteiger partial charge in [0, 0.05) is 17.8 Å². The van der Waals surface area contributed by atoms with E-state index in [2.05, 4.69) is 11.6 Å². The second-order valence-corrected chi connectivity index (χ2v) is 5.73. The maximum absolute atomic E-state index is 11.0. The molecular weight excluding hydrogens is 234 g/mol. The molecule has 1 fully saturated rings. The van der Waals surface area contributed by atoms with Crippen LogP contribution in [-0.4, -0.2) is 28.6 Å². The molecule has 1 aliphatic rings. The molecule has 2 rings (SSSR count). The van der Waals surface area contributed by atoms with Crippen LogP contribution in [0.2, 0.25) is 0 Å². The van der Waals surface area contributed by atoms with Crippen LogP contribution in [-0.2, 0) is 6.54 Å². The summed E-state index contributed by atoms with van der Waals surface area (Å²) < 4.78 is 0.415. The second-order valence-electron chi connectivity index (χ2n) is 4.45. The lowest BCUT2D eigenvalue weighted by Gasteiger charge is -2.13. The number of nitrogens with one attached hydrogen (secondary N) is 1. The highest BCUT2D eigenvalue weighted by atomic mass is 32.2. The normalized spacial score (nSPS) is 16.8. The second kappa shape index (κ2) is 5.10. The van der Waals surface area contributed by atoms with Crippen LogP contribution in [0.15, 0.2) is 24.3 Å². The van der Waals surface area contributed by atoms with Crippen molar-refractivity contribution in [3.05, 3.63) is 35.4 Å². The SMILES string of the molecule is CSC1(CNCc2ccccc2C(=O)O)CC1. The molecule has 0 unspecified atom stereocenters. The predicted molar refractivity (Wildman–Crippen MR) is 70.6 cm³/mol. The Bertz CT molecular complexity index is 416. The van der Waals surface area contributed by atoms with Crippen molar-refractivity contribution in [1.82, 2.24) is 5.32 Å². The zero-order valence-electron chi connectivity index (χ0n) is 9.90. The number of rotatable bonds is 6. The first-order valence-electron chi connectivity index (χ1n) is 5.74. The van der Waals surface area contributed by atoms with E-state index in [1.165, 1.54) is 12.8 Å². The molecule has 0 atom stereocenters. The fourth-order valence-electron chi connectivity index (χ4n) is 1.90. The monoisotopic (exact) mass is 251 g/mol. The lowest BCUT2D eigenvalue weighted by Crippen LogP contribution is -2.26. The van der Waals surface area contributed by atoms with E-state index in [-0.39, 0.29) is 0 Å². The van der Waals surface area contributed by atoms with Crippen molar-refractivity contribution in [2.24, 2.45) is 0 Å². The quantitative estimate of drug-likeness (QED) is 0.815. The van der Waals surface area contributed by atoms with E-state index >= 15 is 0 Å². The first kappa shape index (κ1) is 12.5. The topological polar surface area (TPSA) is 49.3 Å². The summed E-state index contributed by atoms with van der Waals surface area (Å²) in [7, 11) is 0. The van der Waals surface area contributed by atoms with E-state index in [4.69, 9.17) is 5.11 Å². The molecule has 1 saturated carbocycles. The molecule has 0 heterocycles. The summed E-state index contributed by atoms with van der Waals surface area (Å²) in [5.74, 6) is -0.853. The highest BCUT2D eigenvalue weighted by molar-refractivity contribution is 8.00. The number of benzene rings is 1. The lowest BCUT2D eigenvalue weighted by atomic mass is 10.1. The first-order valence-corrected chi connectivity index (χ1v) is 6.96. The number of hydrogen-bond acceptors (Lipinski definition) is 3. The highest BCUT2D eigenvalue weighted by Gasteiger charge is 2.41. The smallest absolute Gasteiger partial charge is 0.336 e. The Labute approximate surface area is 106 Å². The maximum atomic E-state index is 11.0. The van der Waals surface area contributed by atoms with Crippen LogP contribution in [0.3, 0.4) is 0 Å². The standard InChI is InChI=1S/C13H17NO2S/c1-17-13(6-7-13)9-14-8-10-4-2-3-5-11(10)12(15)16/h2-5,14H,6-9H2,1H3,(H,15,16). The predicted octanol–water partition coefficient (Wildman–Crippen LogP) is 2.37. The van der Waals surface area contributed by atoms with Gasteiger partial charge in [-0.1, -0.05) is 18.2 Å². The van der Waals surface area contributed by atoms with Gasteiger partial charge in [-0.2, -0.15) is 11.8 Å². The third kappa shape index (κ3) is 3.01. The Kier molecular flexibility index (Phi) is 3.74. The van der Waals surface area contributed by atoms with E-state index in [9.17, 15) is 4.79 Å². The minimum Gasteiger partial charge on any atom is -0.478 e. The van der Waals surface area contributed by atoms with Crippen LogP contribution in [0.1, 0.15) is 28.8 Å². The average molecular weight is 251 g/mol. The maximum Gasteiger partial charge on any atom is 0.336 e. The molecule has 0 saturated heterocycles. The third-order valence-corrected chi connectivity index (χ3v) is 4.67. The molecule has 0 aromatic heterocycles. The summed E-state index contributed by atoms with van der Waals surface area (Å²) in [4.78, 5) is 11.0. The van der Waals surface area contributed by atoms with Crippen LogP contribution in [0.25, 0.3) is 0 Å². The van der Waals surface area contributed by atoms with Gasteiger partial charge >= 0.3 is 5.97 Å². The number of carboxylic acid groups (broad SMARTS) is 1. The molecule has 1 aromatic rings. The molecule has 3 nitrogen and oxygen atoms in total. The Morgan fingerprint density at radius 2 is 2.18 bits per heavy atom. The summed E-state index contributed by atoms with van der Waals surface area (Å²) in [6, 6.07) is 7.16. The van der Waals surface area contributed by atoms with Gasteiger partial charge in [0.15, 0.2) is 0 Å². The number of aromatic carboxylic acids is 1.